The highest BCUT2D eigenvalue weighted by atomic mass is 16.5. The fraction of sp³-hybridized carbons (Fsp3) is 0.250. The van der Waals surface area contributed by atoms with Gasteiger partial charge in [-0.05, 0) is 18.1 Å². The van der Waals surface area contributed by atoms with Gasteiger partial charge < -0.3 is 4.52 Å². The lowest BCUT2D eigenvalue weighted by molar-refractivity contribution is 0.422. The first-order valence-electron chi connectivity index (χ1n) is 4.90. The summed E-state index contributed by atoms with van der Waals surface area (Å²) in [5.41, 5.74) is 3.39. The Labute approximate surface area is 83.5 Å². The van der Waals surface area contributed by atoms with Crippen molar-refractivity contribution in [3.63, 3.8) is 0 Å². The van der Waals surface area contributed by atoms with E-state index in [0.717, 1.165) is 17.7 Å². The fourth-order valence-corrected chi connectivity index (χ4v) is 1.54. The highest BCUT2D eigenvalue weighted by molar-refractivity contribution is 5.58. The largest absolute Gasteiger partial charge is 0.364 e. The van der Waals surface area contributed by atoms with Gasteiger partial charge in [-0.2, -0.15) is 0 Å². The van der Waals surface area contributed by atoms with E-state index in [1.165, 1.54) is 12.0 Å². The molecule has 0 N–H and O–H groups in total. The van der Waals surface area contributed by atoms with E-state index in [1.54, 1.807) is 6.26 Å². The smallest absolute Gasteiger partial charge is 0.124 e. The van der Waals surface area contributed by atoms with Crippen LogP contribution in [0.15, 0.2) is 41.1 Å². The van der Waals surface area contributed by atoms with E-state index in [-0.39, 0.29) is 0 Å². The van der Waals surface area contributed by atoms with E-state index in [0.29, 0.717) is 0 Å². The third-order valence-corrected chi connectivity index (χ3v) is 2.20. The van der Waals surface area contributed by atoms with Crippen LogP contribution in [0.2, 0.25) is 0 Å². The Bertz CT molecular complexity index is 392. The monoisotopic (exact) mass is 187 g/mol. The predicted molar refractivity (Wildman–Crippen MR) is 55.9 cm³/mol. The molecule has 0 radical (unpaired) electrons. The number of aryl methyl sites for hydroxylation is 1. The molecule has 0 saturated heterocycles. The van der Waals surface area contributed by atoms with Gasteiger partial charge in [0.1, 0.15) is 12.0 Å². The Morgan fingerprint density at radius 2 is 2.21 bits per heavy atom. The third kappa shape index (κ3) is 1.84. The van der Waals surface area contributed by atoms with E-state index >= 15 is 0 Å². The Kier molecular flexibility index (Phi) is 2.63. The molecule has 0 atom stereocenters. The topological polar surface area (TPSA) is 26.0 Å². The van der Waals surface area contributed by atoms with Gasteiger partial charge >= 0.3 is 0 Å². The molecule has 0 aliphatic rings. The molecule has 0 bridgehead atoms. The summed E-state index contributed by atoms with van der Waals surface area (Å²) in [5, 5.41) is 3.91. The zero-order valence-corrected chi connectivity index (χ0v) is 8.23. The summed E-state index contributed by atoms with van der Waals surface area (Å²) < 4.78 is 4.82. The van der Waals surface area contributed by atoms with Crippen molar-refractivity contribution in [2.75, 3.05) is 0 Å². The molecule has 14 heavy (non-hydrogen) atoms. The molecular formula is C12H13NO. The van der Waals surface area contributed by atoms with E-state index in [1.807, 2.05) is 6.07 Å². The lowest BCUT2D eigenvalue weighted by Crippen LogP contribution is -1.84. The lowest BCUT2D eigenvalue weighted by atomic mass is 10.1. The van der Waals surface area contributed by atoms with Crippen LogP contribution in [-0.2, 0) is 6.42 Å². The minimum absolute atomic E-state index is 0.906. The van der Waals surface area contributed by atoms with Crippen molar-refractivity contribution in [1.82, 2.24) is 5.16 Å². The van der Waals surface area contributed by atoms with Crippen molar-refractivity contribution in [3.8, 4) is 11.3 Å². The number of nitrogens with zero attached hydrogens (tertiary/aromatic N) is 1. The predicted octanol–water partition coefficient (Wildman–Crippen LogP) is 3.29. The second kappa shape index (κ2) is 4.09. The van der Waals surface area contributed by atoms with Gasteiger partial charge in [0.25, 0.3) is 0 Å². The van der Waals surface area contributed by atoms with Crippen molar-refractivity contribution in [2.45, 2.75) is 19.8 Å². The zero-order chi connectivity index (χ0) is 9.80. The fourth-order valence-electron chi connectivity index (χ4n) is 1.54. The van der Waals surface area contributed by atoms with Gasteiger partial charge in [0.15, 0.2) is 0 Å². The maximum absolute atomic E-state index is 4.82. The first kappa shape index (κ1) is 9.00. The number of rotatable bonds is 3. The van der Waals surface area contributed by atoms with E-state index in [2.05, 4.69) is 36.3 Å². The van der Waals surface area contributed by atoms with Crippen LogP contribution in [0.25, 0.3) is 11.3 Å². The second-order valence-corrected chi connectivity index (χ2v) is 3.34. The molecule has 0 saturated carbocycles. The van der Waals surface area contributed by atoms with Crippen LogP contribution in [0.1, 0.15) is 18.9 Å². The molecule has 0 fully saturated rings. The Hall–Kier alpha value is -1.57. The van der Waals surface area contributed by atoms with Gasteiger partial charge in [-0.25, -0.2) is 0 Å². The molecule has 2 aromatic rings. The molecule has 1 heterocycles. The SMILES string of the molecule is CCCc1cccc(-c2ccon2)c1. The van der Waals surface area contributed by atoms with E-state index in [9.17, 15) is 0 Å². The second-order valence-electron chi connectivity index (χ2n) is 3.34. The van der Waals surface area contributed by atoms with Crippen LogP contribution in [0.4, 0.5) is 0 Å². The van der Waals surface area contributed by atoms with Crippen molar-refractivity contribution in [3.05, 3.63) is 42.2 Å². The maximum atomic E-state index is 4.82. The first-order valence-corrected chi connectivity index (χ1v) is 4.90. The minimum Gasteiger partial charge on any atom is -0.364 e. The molecule has 0 amide bonds. The Morgan fingerprint density at radius 3 is 2.93 bits per heavy atom. The lowest BCUT2D eigenvalue weighted by Gasteiger charge is -2.00. The maximum Gasteiger partial charge on any atom is 0.124 e. The van der Waals surface area contributed by atoms with Crippen LogP contribution < -0.4 is 0 Å². The third-order valence-electron chi connectivity index (χ3n) is 2.20. The van der Waals surface area contributed by atoms with Gasteiger partial charge in [0.2, 0.25) is 0 Å². The molecule has 2 rings (SSSR count). The molecule has 0 aliphatic heterocycles. The van der Waals surface area contributed by atoms with Gasteiger partial charge in [-0.1, -0.05) is 36.7 Å². The van der Waals surface area contributed by atoms with Gasteiger partial charge in [-0.3, -0.25) is 0 Å². The minimum atomic E-state index is 0.906. The van der Waals surface area contributed by atoms with Gasteiger partial charge in [0, 0.05) is 11.6 Å². The highest BCUT2D eigenvalue weighted by Gasteiger charge is 2.01. The summed E-state index contributed by atoms with van der Waals surface area (Å²) in [6.45, 7) is 2.18. The molecular weight excluding hydrogens is 174 g/mol. The van der Waals surface area contributed by atoms with Gasteiger partial charge in [0.05, 0.1) is 0 Å². The summed E-state index contributed by atoms with van der Waals surface area (Å²) in [5.74, 6) is 0. The van der Waals surface area contributed by atoms with E-state index in [4.69, 9.17) is 4.52 Å². The highest BCUT2D eigenvalue weighted by Crippen LogP contribution is 2.18. The Balaban J connectivity index is 2.31. The summed E-state index contributed by atoms with van der Waals surface area (Å²) in [4.78, 5) is 0. The number of aromatic nitrogens is 1. The van der Waals surface area contributed by atoms with Crippen molar-refractivity contribution >= 4 is 0 Å². The summed E-state index contributed by atoms with van der Waals surface area (Å²) in [6.07, 6.45) is 3.88. The molecule has 72 valence electrons. The molecule has 0 spiro atoms. The van der Waals surface area contributed by atoms with Crippen LogP contribution in [-0.4, -0.2) is 5.16 Å². The normalized spacial score (nSPS) is 10.4. The molecule has 1 aromatic heterocycles. The number of hydrogen-bond acceptors (Lipinski definition) is 2. The van der Waals surface area contributed by atoms with Crippen LogP contribution in [0.3, 0.4) is 0 Å². The van der Waals surface area contributed by atoms with Crippen LogP contribution >= 0.6 is 0 Å². The molecule has 0 unspecified atom stereocenters. The zero-order valence-electron chi connectivity index (χ0n) is 8.23. The van der Waals surface area contributed by atoms with Gasteiger partial charge in [-0.15, -0.1) is 0 Å². The average molecular weight is 187 g/mol. The van der Waals surface area contributed by atoms with Crippen molar-refractivity contribution in [1.29, 1.82) is 0 Å². The standard InChI is InChI=1S/C12H13NO/c1-2-4-10-5-3-6-11(9-10)12-7-8-14-13-12/h3,5-9H,2,4H2,1H3. The summed E-state index contributed by atoms with van der Waals surface area (Å²) in [6, 6.07) is 10.3. The quantitative estimate of drug-likeness (QED) is 0.736. The molecule has 0 aliphatic carbocycles. The van der Waals surface area contributed by atoms with E-state index < -0.39 is 0 Å². The average Bonchev–Trinajstić information content (AvgIpc) is 2.71. The first-order chi connectivity index (χ1) is 6.90. The van der Waals surface area contributed by atoms with Crippen LogP contribution in [0.5, 0.6) is 0 Å². The molecule has 1 aromatic carbocycles. The number of hydrogen-bond donors (Lipinski definition) is 0. The summed E-state index contributed by atoms with van der Waals surface area (Å²) >= 11 is 0. The van der Waals surface area contributed by atoms with Crippen LogP contribution in [0, 0.1) is 0 Å². The Morgan fingerprint density at radius 1 is 1.29 bits per heavy atom. The van der Waals surface area contributed by atoms with Crippen molar-refractivity contribution in [2.24, 2.45) is 0 Å². The van der Waals surface area contributed by atoms with Crippen molar-refractivity contribution < 1.29 is 4.52 Å². The summed E-state index contributed by atoms with van der Waals surface area (Å²) in [7, 11) is 0. The molecule has 2 nitrogen and oxygen atoms in total. The molecule has 2 heteroatoms. The number of benzene rings is 1.